The smallest absolute Gasteiger partial charge is 0.420 e. The zero-order valence-corrected chi connectivity index (χ0v) is 8.03. The van der Waals surface area contributed by atoms with E-state index >= 15 is 0 Å². The van der Waals surface area contributed by atoms with Crippen molar-refractivity contribution in [1.82, 2.24) is 30.3 Å². The van der Waals surface area contributed by atoms with Crippen LogP contribution in [0.4, 0.5) is 11.6 Å². The third kappa shape index (κ3) is 1.62. The number of rotatable bonds is 3. The standard InChI is InChI=1S/C4N8O6/c13-9(14)3-1(5-11(17)7-3)2-4(10(15)16)8-12(18)6-2/q-2. The van der Waals surface area contributed by atoms with Crippen molar-refractivity contribution in [2.45, 2.75) is 0 Å². The molecule has 0 spiro atoms. The molecule has 0 saturated carbocycles. The number of aromatic nitrogens is 6. The van der Waals surface area contributed by atoms with E-state index in [1.54, 1.807) is 0 Å². The molecule has 0 saturated heterocycles. The van der Waals surface area contributed by atoms with Gasteiger partial charge in [0.05, 0.1) is 10.2 Å². The van der Waals surface area contributed by atoms with Crippen LogP contribution < -0.4 is 0 Å². The Balaban J connectivity index is 2.68. The van der Waals surface area contributed by atoms with Crippen LogP contribution in [0, 0.1) is 30.6 Å². The van der Waals surface area contributed by atoms with E-state index in [1.165, 1.54) is 0 Å². The molecule has 94 valence electrons. The van der Waals surface area contributed by atoms with Gasteiger partial charge >= 0.3 is 11.6 Å². The van der Waals surface area contributed by atoms with Gasteiger partial charge in [-0.05, 0) is 9.85 Å². The maximum atomic E-state index is 10.8. The Morgan fingerprint density at radius 2 is 1.11 bits per heavy atom. The van der Waals surface area contributed by atoms with Gasteiger partial charge < -0.3 is 30.6 Å². The lowest BCUT2D eigenvalue weighted by atomic mass is 10.3. The maximum absolute atomic E-state index is 10.8. The molecule has 14 heteroatoms. The van der Waals surface area contributed by atoms with E-state index in [2.05, 4.69) is 20.4 Å². The molecule has 0 unspecified atom stereocenters. The van der Waals surface area contributed by atoms with Crippen LogP contribution in [0.5, 0.6) is 0 Å². The molecule has 0 N–H and O–H groups in total. The normalized spacial score (nSPS) is 10.4. The molecule has 0 radical (unpaired) electrons. The molecule has 0 aliphatic rings. The second kappa shape index (κ2) is 3.61. The van der Waals surface area contributed by atoms with Crippen molar-refractivity contribution in [3.05, 3.63) is 30.6 Å². The zero-order valence-electron chi connectivity index (χ0n) is 8.03. The number of hydrogen-bond donors (Lipinski definition) is 0. The molecule has 2 aromatic rings. The molecule has 0 aliphatic heterocycles. The molecule has 18 heavy (non-hydrogen) atoms. The van der Waals surface area contributed by atoms with Crippen molar-refractivity contribution >= 4 is 11.6 Å². The molecule has 0 amide bonds. The van der Waals surface area contributed by atoms with Gasteiger partial charge in [-0.15, -0.1) is 20.1 Å². The van der Waals surface area contributed by atoms with E-state index in [-0.39, 0.29) is 0 Å². The maximum Gasteiger partial charge on any atom is 0.420 e. The predicted octanol–water partition coefficient (Wildman–Crippen LogP) is -0.955. The minimum Gasteiger partial charge on any atom is -0.756 e. The number of nitro groups is 2. The second-order valence-electron chi connectivity index (χ2n) is 2.76. The highest BCUT2D eigenvalue weighted by molar-refractivity contribution is 5.69. The van der Waals surface area contributed by atoms with Crippen LogP contribution in [-0.2, 0) is 0 Å². The monoisotopic (exact) mass is 256 g/mol. The first kappa shape index (κ1) is 11.2. The fraction of sp³-hybridized carbons (Fsp3) is 0. The summed E-state index contributed by atoms with van der Waals surface area (Å²) in [6, 6.07) is 0. The van der Waals surface area contributed by atoms with Crippen LogP contribution in [0.3, 0.4) is 0 Å². The third-order valence-electron chi connectivity index (χ3n) is 1.73. The molecule has 0 aromatic carbocycles. The Morgan fingerprint density at radius 3 is 1.39 bits per heavy atom. The van der Waals surface area contributed by atoms with Gasteiger partial charge in [0.15, 0.2) is 0 Å². The van der Waals surface area contributed by atoms with Crippen molar-refractivity contribution in [1.29, 1.82) is 0 Å². The highest BCUT2D eigenvalue weighted by Crippen LogP contribution is 2.29. The Morgan fingerprint density at radius 1 is 0.778 bits per heavy atom. The third-order valence-corrected chi connectivity index (χ3v) is 1.73. The van der Waals surface area contributed by atoms with Crippen molar-refractivity contribution in [2.75, 3.05) is 0 Å². The van der Waals surface area contributed by atoms with Crippen LogP contribution in [0.25, 0.3) is 11.4 Å². The molecule has 0 bridgehead atoms. The van der Waals surface area contributed by atoms with Gasteiger partial charge in [0.1, 0.15) is 0 Å². The average molecular weight is 256 g/mol. The molecule has 2 heterocycles. The molecule has 0 fully saturated rings. The highest BCUT2D eigenvalue weighted by Gasteiger charge is 2.33. The first-order valence-electron chi connectivity index (χ1n) is 3.99. The van der Waals surface area contributed by atoms with E-state index in [9.17, 15) is 30.6 Å². The van der Waals surface area contributed by atoms with Gasteiger partial charge in [0.25, 0.3) is 0 Å². The predicted molar refractivity (Wildman–Crippen MR) is 49.9 cm³/mol. The molecular weight excluding hydrogens is 256 g/mol. The van der Waals surface area contributed by atoms with Crippen LogP contribution in [-0.4, -0.2) is 40.2 Å². The lowest BCUT2D eigenvalue weighted by Crippen LogP contribution is -1.95. The van der Waals surface area contributed by atoms with Gasteiger partial charge in [-0.2, -0.15) is 0 Å². The molecule has 0 aliphatic carbocycles. The van der Waals surface area contributed by atoms with Crippen LogP contribution in [0.2, 0.25) is 0 Å². The Kier molecular flexibility index (Phi) is 2.24. The first-order valence-corrected chi connectivity index (χ1v) is 3.99. The van der Waals surface area contributed by atoms with E-state index < -0.39 is 42.8 Å². The van der Waals surface area contributed by atoms with E-state index in [0.717, 1.165) is 0 Å². The van der Waals surface area contributed by atoms with Gasteiger partial charge in [-0.25, -0.2) is 0 Å². The van der Waals surface area contributed by atoms with Crippen LogP contribution in [0.1, 0.15) is 0 Å². The topological polar surface area (TPSA) is 194 Å². The quantitative estimate of drug-likeness (QED) is 0.487. The highest BCUT2D eigenvalue weighted by atomic mass is 16.6. The molecule has 0 atom stereocenters. The van der Waals surface area contributed by atoms with Crippen LogP contribution in [0.15, 0.2) is 0 Å². The van der Waals surface area contributed by atoms with Gasteiger partial charge in [0.2, 0.25) is 11.4 Å². The summed E-state index contributed by atoms with van der Waals surface area (Å²) in [5.41, 5.74) is -1.60. The minimum absolute atomic E-state index is 0.416. The summed E-state index contributed by atoms with van der Waals surface area (Å²) in [6.45, 7) is 0. The fourth-order valence-corrected chi connectivity index (χ4v) is 1.11. The summed E-state index contributed by atoms with van der Waals surface area (Å²) < 4.78 is 0. The molecule has 2 rings (SSSR count). The summed E-state index contributed by atoms with van der Waals surface area (Å²) in [5.74, 6) is -2.12. The Hall–Kier alpha value is -3.32. The Labute approximate surface area is 94.9 Å². The summed E-state index contributed by atoms with van der Waals surface area (Å²) in [4.78, 5) is 18.1. The zero-order chi connectivity index (χ0) is 13.4. The number of hydrogen-bond acceptors (Lipinski definition) is 10. The SMILES string of the molecule is O=[N+]([O-])c1nn([O-])nc1-c1nn([O-])nc1[N+](=O)[O-]. The van der Waals surface area contributed by atoms with Gasteiger partial charge in [-0.1, -0.05) is 0 Å². The summed E-state index contributed by atoms with van der Waals surface area (Å²) in [7, 11) is 0. The molecular formula is C4N8O6-2. The average Bonchev–Trinajstić information content (AvgIpc) is 2.81. The lowest BCUT2D eigenvalue weighted by molar-refractivity contribution is -0.391. The first-order chi connectivity index (χ1) is 8.40. The Bertz CT molecular complexity index is 586. The second-order valence-corrected chi connectivity index (χ2v) is 2.76. The van der Waals surface area contributed by atoms with Gasteiger partial charge in [0, 0.05) is 0 Å². The summed E-state index contributed by atoms with van der Waals surface area (Å²) in [6.07, 6.45) is 0. The fourth-order valence-electron chi connectivity index (χ4n) is 1.11. The van der Waals surface area contributed by atoms with E-state index in [4.69, 9.17) is 0 Å². The van der Waals surface area contributed by atoms with Crippen LogP contribution >= 0.6 is 0 Å². The van der Waals surface area contributed by atoms with Gasteiger partial charge in [-0.3, -0.25) is 0 Å². The van der Waals surface area contributed by atoms with Crippen molar-refractivity contribution in [3.63, 3.8) is 0 Å². The van der Waals surface area contributed by atoms with Crippen molar-refractivity contribution in [3.8, 4) is 11.4 Å². The van der Waals surface area contributed by atoms with E-state index in [1.807, 2.05) is 0 Å². The molecule has 14 nitrogen and oxygen atoms in total. The summed E-state index contributed by atoms with van der Waals surface area (Å²) >= 11 is 0. The molecule has 2 aromatic heterocycles. The summed E-state index contributed by atoms with van der Waals surface area (Å²) in [5, 5.41) is 54.3. The van der Waals surface area contributed by atoms with Crippen molar-refractivity contribution < 1.29 is 9.85 Å². The number of nitrogens with zero attached hydrogens (tertiary/aromatic N) is 8. The lowest BCUT2D eigenvalue weighted by Gasteiger charge is -1.91. The van der Waals surface area contributed by atoms with Crippen molar-refractivity contribution in [2.24, 2.45) is 0 Å². The minimum atomic E-state index is -1.09. The van der Waals surface area contributed by atoms with E-state index in [0.29, 0.717) is 0 Å². The largest absolute Gasteiger partial charge is 0.756 e.